The number of benzene rings is 2. The maximum absolute atomic E-state index is 12.7. The molecule has 0 heterocycles. The highest BCUT2D eigenvalue weighted by molar-refractivity contribution is 5.98. The third kappa shape index (κ3) is 3.44. The average molecular weight is 350 g/mol. The van der Waals surface area contributed by atoms with Crippen molar-refractivity contribution >= 4 is 17.3 Å². The molecule has 6 heteroatoms. The van der Waals surface area contributed by atoms with Gasteiger partial charge in [0.1, 0.15) is 5.60 Å². The SMILES string of the molecule is CC(O)(C#Cc1ccccc1)C1(C(=O)Nc2ccc([N+](=O)[O-])cc2)CC1. The predicted molar refractivity (Wildman–Crippen MR) is 97.3 cm³/mol. The summed E-state index contributed by atoms with van der Waals surface area (Å²) < 4.78 is 0. The highest BCUT2D eigenvalue weighted by Crippen LogP contribution is 2.54. The van der Waals surface area contributed by atoms with Gasteiger partial charge in [-0.15, -0.1) is 0 Å². The molecule has 0 spiro atoms. The summed E-state index contributed by atoms with van der Waals surface area (Å²) >= 11 is 0. The Hall–Kier alpha value is -3.17. The van der Waals surface area contributed by atoms with Crippen LogP contribution in [0.4, 0.5) is 11.4 Å². The molecule has 1 aliphatic rings. The van der Waals surface area contributed by atoms with Crippen molar-refractivity contribution in [2.24, 2.45) is 5.41 Å². The number of nitro groups is 1. The van der Waals surface area contributed by atoms with Crippen LogP contribution in [-0.4, -0.2) is 21.5 Å². The molecule has 3 rings (SSSR count). The summed E-state index contributed by atoms with van der Waals surface area (Å²) in [6.45, 7) is 1.55. The Morgan fingerprint density at radius 2 is 1.81 bits per heavy atom. The monoisotopic (exact) mass is 350 g/mol. The first kappa shape index (κ1) is 17.6. The Kier molecular flexibility index (Phi) is 4.49. The lowest BCUT2D eigenvalue weighted by atomic mass is 9.85. The van der Waals surface area contributed by atoms with Gasteiger partial charge in [0.15, 0.2) is 0 Å². The largest absolute Gasteiger partial charge is 0.377 e. The zero-order valence-electron chi connectivity index (χ0n) is 14.2. The fourth-order valence-electron chi connectivity index (χ4n) is 2.81. The van der Waals surface area contributed by atoms with Gasteiger partial charge in [-0.3, -0.25) is 14.9 Å². The summed E-state index contributed by atoms with van der Waals surface area (Å²) in [5, 5.41) is 24.2. The molecule has 0 bridgehead atoms. The summed E-state index contributed by atoms with van der Waals surface area (Å²) in [6.07, 6.45) is 1.06. The number of hydrogen-bond acceptors (Lipinski definition) is 4. The minimum absolute atomic E-state index is 0.0511. The van der Waals surface area contributed by atoms with E-state index in [-0.39, 0.29) is 11.6 Å². The van der Waals surface area contributed by atoms with Crippen LogP contribution >= 0.6 is 0 Å². The second-order valence-electron chi connectivity index (χ2n) is 6.53. The standard InChI is InChI=1S/C20H18N2O4/c1-19(24,12-11-15-5-3-2-4-6-15)20(13-14-20)18(23)21-16-7-9-17(10-8-16)22(25)26/h2-10,24H,13-14H2,1H3,(H,21,23). The van der Waals surface area contributed by atoms with Crippen LogP contribution in [0.2, 0.25) is 0 Å². The van der Waals surface area contributed by atoms with Gasteiger partial charge in [-0.1, -0.05) is 30.0 Å². The minimum atomic E-state index is -1.48. The summed E-state index contributed by atoms with van der Waals surface area (Å²) in [7, 11) is 0. The first-order chi connectivity index (χ1) is 12.3. The fourth-order valence-corrected chi connectivity index (χ4v) is 2.81. The highest BCUT2D eigenvalue weighted by atomic mass is 16.6. The van der Waals surface area contributed by atoms with E-state index < -0.39 is 15.9 Å². The van der Waals surface area contributed by atoms with Crippen LogP contribution < -0.4 is 5.32 Å². The van der Waals surface area contributed by atoms with Crippen LogP contribution in [0.3, 0.4) is 0 Å². The van der Waals surface area contributed by atoms with Gasteiger partial charge in [0.2, 0.25) is 5.91 Å². The molecule has 0 aliphatic heterocycles. The third-order valence-electron chi connectivity index (χ3n) is 4.68. The van der Waals surface area contributed by atoms with Crippen molar-refractivity contribution in [3.8, 4) is 11.8 Å². The number of nitrogens with one attached hydrogen (secondary N) is 1. The summed E-state index contributed by atoms with van der Waals surface area (Å²) in [6, 6.07) is 14.8. The first-order valence-corrected chi connectivity index (χ1v) is 8.21. The number of aliphatic hydroxyl groups is 1. The van der Waals surface area contributed by atoms with E-state index in [1.54, 1.807) is 6.92 Å². The maximum atomic E-state index is 12.7. The molecular weight excluding hydrogens is 332 g/mol. The van der Waals surface area contributed by atoms with Crippen molar-refractivity contribution in [3.05, 3.63) is 70.3 Å². The molecule has 1 aliphatic carbocycles. The third-order valence-corrected chi connectivity index (χ3v) is 4.68. The van der Waals surface area contributed by atoms with Crippen molar-refractivity contribution in [2.45, 2.75) is 25.4 Å². The smallest absolute Gasteiger partial charge is 0.269 e. The number of nitrogens with zero attached hydrogens (tertiary/aromatic N) is 1. The molecule has 0 aromatic heterocycles. The van der Waals surface area contributed by atoms with Crippen molar-refractivity contribution in [1.82, 2.24) is 0 Å². The van der Waals surface area contributed by atoms with Crippen molar-refractivity contribution in [2.75, 3.05) is 5.32 Å². The average Bonchev–Trinajstić information content (AvgIpc) is 3.44. The van der Waals surface area contributed by atoms with Gasteiger partial charge < -0.3 is 10.4 Å². The molecule has 6 nitrogen and oxygen atoms in total. The normalized spacial score (nSPS) is 16.5. The number of carbonyl (C=O) groups is 1. The molecule has 26 heavy (non-hydrogen) atoms. The molecule has 1 saturated carbocycles. The molecule has 2 aromatic rings. The maximum Gasteiger partial charge on any atom is 0.269 e. The second kappa shape index (κ2) is 6.62. The van der Waals surface area contributed by atoms with Gasteiger partial charge in [0.05, 0.1) is 10.3 Å². The highest BCUT2D eigenvalue weighted by Gasteiger charge is 2.61. The van der Waals surface area contributed by atoms with E-state index in [4.69, 9.17) is 0 Å². The molecule has 1 amide bonds. The van der Waals surface area contributed by atoms with Crippen molar-refractivity contribution < 1.29 is 14.8 Å². The molecule has 1 unspecified atom stereocenters. The molecular formula is C20H18N2O4. The van der Waals surface area contributed by atoms with E-state index in [1.807, 2.05) is 30.3 Å². The van der Waals surface area contributed by atoms with E-state index in [0.29, 0.717) is 18.5 Å². The van der Waals surface area contributed by atoms with E-state index >= 15 is 0 Å². The predicted octanol–water partition coefficient (Wildman–Crippen LogP) is 3.12. The van der Waals surface area contributed by atoms with Gasteiger partial charge >= 0.3 is 0 Å². The number of amides is 1. The topological polar surface area (TPSA) is 92.5 Å². The molecule has 132 valence electrons. The quantitative estimate of drug-likeness (QED) is 0.503. The van der Waals surface area contributed by atoms with Gasteiger partial charge in [0.25, 0.3) is 5.69 Å². The number of non-ortho nitro benzene ring substituents is 1. The van der Waals surface area contributed by atoms with E-state index in [0.717, 1.165) is 5.56 Å². The molecule has 2 aromatic carbocycles. The number of hydrogen-bond donors (Lipinski definition) is 2. The van der Waals surface area contributed by atoms with Crippen LogP contribution in [0.1, 0.15) is 25.3 Å². The Bertz CT molecular complexity index is 889. The van der Waals surface area contributed by atoms with Gasteiger partial charge in [-0.05, 0) is 44.0 Å². The van der Waals surface area contributed by atoms with Crippen LogP contribution in [0.25, 0.3) is 0 Å². The van der Waals surface area contributed by atoms with Crippen LogP contribution in [-0.2, 0) is 4.79 Å². The number of anilines is 1. The lowest BCUT2D eigenvalue weighted by Gasteiger charge is -2.27. The summed E-state index contributed by atoms with van der Waals surface area (Å²) in [5.74, 6) is 5.40. The first-order valence-electron chi connectivity index (χ1n) is 8.21. The van der Waals surface area contributed by atoms with Crippen LogP contribution in [0.5, 0.6) is 0 Å². The number of nitro benzene ring substituents is 1. The lowest BCUT2D eigenvalue weighted by Crippen LogP contribution is -2.43. The minimum Gasteiger partial charge on any atom is -0.377 e. The summed E-state index contributed by atoms with van der Waals surface area (Å²) in [5.41, 5.74) is -1.30. The number of rotatable bonds is 4. The van der Waals surface area contributed by atoms with Crippen molar-refractivity contribution in [1.29, 1.82) is 0 Å². The van der Waals surface area contributed by atoms with Gasteiger partial charge in [-0.25, -0.2) is 0 Å². The molecule has 2 N–H and O–H groups in total. The zero-order valence-corrected chi connectivity index (χ0v) is 14.2. The lowest BCUT2D eigenvalue weighted by molar-refractivity contribution is -0.384. The summed E-state index contributed by atoms with van der Waals surface area (Å²) in [4.78, 5) is 22.9. The van der Waals surface area contributed by atoms with Crippen LogP contribution in [0, 0.1) is 27.4 Å². The Balaban J connectivity index is 1.76. The van der Waals surface area contributed by atoms with Gasteiger partial charge in [0, 0.05) is 23.4 Å². The van der Waals surface area contributed by atoms with E-state index in [9.17, 15) is 20.0 Å². The van der Waals surface area contributed by atoms with E-state index in [1.165, 1.54) is 24.3 Å². The molecule has 1 atom stereocenters. The Labute approximate surface area is 151 Å². The zero-order chi connectivity index (χ0) is 18.8. The molecule has 0 radical (unpaired) electrons. The van der Waals surface area contributed by atoms with E-state index in [2.05, 4.69) is 17.2 Å². The van der Waals surface area contributed by atoms with Crippen molar-refractivity contribution in [3.63, 3.8) is 0 Å². The molecule has 0 saturated heterocycles. The number of carbonyl (C=O) groups excluding carboxylic acids is 1. The van der Waals surface area contributed by atoms with Gasteiger partial charge in [-0.2, -0.15) is 0 Å². The second-order valence-corrected chi connectivity index (χ2v) is 6.53. The Morgan fingerprint density at radius 1 is 1.19 bits per heavy atom. The van der Waals surface area contributed by atoms with Crippen LogP contribution in [0.15, 0.2) is 54.6 Å². The Morgan fingerprint density at radius 3 is 2.35 bits per heavy atom. The fraction of sp³-hybridized carbons (Fsp3) is 0.250. The molecule has 1 fully saturated rings.